The van der Waals surface area contributed by atoms with Crippen molar-refractivity contribution in [1.29, 1.82) is 0 Å². The third-order valence-corrected chi connectivity index (χ3v) is 3.94. The summed E-state index contributed by atoms with van der Waals surface area (Å²) in [6.45, 7) is 2.36. The predicted molar refractivity (Wildman–Crippen MR) is 75.7 cm³/mol. The number of rotatable bonds is 2. The van der Waals surface area contributed by atoms with Crippen molar-refractivity contribution in [3.63, 3.8) is 0 Å². The summed E-state index contributed by atoms with van der Waals surface area (Å²) in [5.74, 6) is 0.825. The Labute approximate surface area is 108 Å². The monoisotopic (exact) mass is 240 g/mol. The van der Waals surface area contributed by atoms with Gasteiger partial charge in [0, 0.05) is 11.6 Å². The molecule has 2 aromatic rings. The number of nitrogens with zero attached hydrogens (tertiary/aromatic N) is 1. The largest absolute Gasteiger partial charge is 0.317 e. The summed E-state index contributed by atoms with van der Waals surface area (Å²) in [4.78, 5) is 4.44. The first-order chi connectivity index (χ1) is 8.93. The highest BCUT2D eigenvalue weighted by atomic mass is 14.8. The van der Waals surface area contributed by atoms with Crippen LogP contribution in [0.1, 0.15) is 24.8 Å². The topological polar surface area (TPSA) is 24.9 Å². The van der Waals surface area contributed by atoms with Gasteiger partial charge in [0.2, 0.25) is 0 Å². The number of nitrogens with one attached hydrogen (secondary N) is 1. The van der Waals surface area contributed by atoms with Gasteiger partial charge in [0.1, 0.15) is 0 Å². The molecule has 0 amide bonds. The summed E-state index contributed by atoms with van der Waals surface area (Å²) < 4.78 is 0. The Morgan fingerprint density at radius 1 is 1.11 bits per heavy atom. The van der Waals surface area contributed by atoms with E-state index in [0.717, 1.165) is 11.4 Å². The van der Waals surface area contributed by atoms with Crippen molar-refractivity contribution >= 4 is 10.9 Å². The molecule has 1 aromatic heterocycles. The van der Waals surface area contributed by atoms with Crippen molar-refractivity contribution in [2.24, 2.45) is 5.92 Å². The van der Waals surface area contributed by atoms with Crippen molar-refractivity contribution in [3.8, 4) is 0 Å². The molecule has 0 unspecified atom stereocenters. The number of para-hydroxylation sites is 1. The second-order valence-corrected chi connectivity index (χ2v) is 5.24. The Bertz CT molecular complexity index is 508. The molecule has 1 aliphatic rings. The molecule has 0 saturated carbocycles. The van der Waals surface area contributed by atoms with Crippen molar-refractivity contribution in [1.82, 2.24) is 10.3 Å². The summed E-state index contributed by atoms with van der Waals surface area (Å²) in [7, 11) is 0. The average molecular weight is 240 g/mol. The second kappa shape index (κ2) is 5.49. The molecule has 0 spiro atoms. The van der Waals surface area contributed by atoms with E-state index in [0.29, 0.717) is 0 Å². The third-order valence-electron chi connectivity index (χ3n) is 3.94. The van der Waals surface area contributed by atoms with Gasteiger partial charge in [-0.2, -0.15) is 0 Å². The van der Waals surface area contributed by atoms with Crippen LogP contribution in [0.25, 0.3) is 10.9 Å². The first-order valence-corrected chi connectivity index (χ1v) is 6.97. The average Bonchev–Trinajstić information content (AvgIpc) is 2.68. The highest BCUT2D eigenvalue weighted by Gasteiger charge is 2.13. The van der Waals surface area contributed by atoms with Crippen molar-refractivity contribution in [3.05, 3.63) is 42.1 Å². The van der Waals surface area contributed by atoms with Gasteiger partial charge in [-0.3, -0.25) is 4.98 Å². The second-order valence-electron chi connectivity index (χ2n) is 5.24. The number of hydrogen-bond acceptors (Lipinski definition) is 2. The van der Waals surface area contributed by atoms with Gasteiger partial charge in [0.25, 0.3) is 0 Å². The molecule has 2 nitrogen and oxygen atoms in total. The molecule has 1 fully saturated rings. The minimum atomic E-state index is 0.825. The lowest BCUT2D eigenvalue weighted by Crippen LogP contribution is -2.14. The molecule has 2 heterocycles. The Kier molecular flexibility index (Phi) is 3.56. The van der Waals surface area contributed by atoms with Gasteiger partial charge in [0.15, 0.2) is 0 Å². The molecule has 1 atom stereocenters. The number of hydrogen-bond donors (Lipinski definition) is 1. The molecular weight excluding hydrogens is 220 g/mol. The Balaban J connectivity index is 1.85. The first-order valence-electron chi connectivity index (χ1n) is 6.97. The molecule has 0 aliphatic carbocycles. The molecule has 1 aromatic carbocycles. The van der Waals surface area contributed by atoms with E-state index in [2.05, 4.69) is 40.6 Å². The van der Waals surface area contributed by atoms with E-state index in [4.69, 9.17) is 0 Å². The van der Waals surface area contributed by atoms with E-state index in [1.165, 1.54) is 49.7 Å². The number of aromatic nitrogens is 1. The minimum absolute atomic E-state index is 0.825. The van der Waals surface area contributed by atoms with Gasteiger partial charge in [-0.25, -0.2) is 0 Å². The third kappa shape index (κ3) is 2.54. The van der Waals surface area contributed by atoms with Crippen LogP contribution in [0.4, 0.5) is 0 Å². The van der Waals surface area contributed by atoms with Crippen LogP contribution in [0, 0.1) is 5.92 Å². The molecule has 3 rings (SSSR count). The molecule has 1 saturated heterocycles. The lowest BCUT2D eigenvalue weighted by Gasteiger charge is -2.14. The highest BCUT2D eigenvalue weighted by molar-refractivity contribution is 5.81. The zero-order chi connectivity index (χ0) is 12.2. The maximum absolute atomic E-state index is 4.44. The Morgan fingerprint density at radius 2 is 2.06 bits per heavy atom. The summed E-state index contributed by atoms with van der Waals surface area (Å²) in [6.07, 6.45) is 7.12. The van der Waals surface area contributed by atoms with Crippen LogP contribution in [0.2, 0.25) is 0 Å². The van der Waals surface area contributed by atoms with Crippen LogP contribution >= 0.6 is 0 Å². The van der Waals surface area contributed by atoms with E-state index >= 15 is 0 Å². The molecule has 0 bridgehead atoms. The van der Waals surface area contributed by atoms with Crippen LogP contribution in [0.15, 0.2) is 36.5 Å². The molecule has 1 N–H and O–H groups in total. The quantitative estimate of drug-likeness (QED) is 0.872. The zero-order valence-corrected chi connectivity index (χ0v) is 10.7. The normalized spacial score (nSPS) is 20.8. The van der Waals surface area contributed by atoms with Crippen LogP contribution in [0.5, 0.6) is 0 Å². The molecule has 0 radical (unpaired) electrons. The summed E-state index contributed by atoms with van der Waals surface area (Å²) >= 11 is 0. The summed E-state index contributed by atoms with van der Waals surface area (Å²) in [5, 5.41) is 4.82. The van der Waals surface area contributed by atoms with Gasteiger partial charge >= 0.3 is 0 Å². The van der Waals surface area contributed by atoms with Gasteiger partial charge in [-0.05, 0) is 62.4 Å². The van der Waals surface area contributed by atoms with Crippen LogP contribution in [-0.2, 0) is 6.42 Å². The van der Waals surface area contributed by atoms with E-state index in [-0.39, 0.29) is 0 Å². The van der Waals surface area contributed by atoms with Crippen molar-refractivity contribution in [2.75, 3.05) is 13.1 Å². The molecule has 18 heavy (non-hydrogen) atoms. The fraction of sp³-hybridized carbons (Fsp3) is 0.438. The predicted octanol–water partition coefficient (Wildman–Crippen LogP) is 3.17. The van der Waals surface area contributed by atoms with Crippen LogP contribution in [-0.4, -0.2) is 18.1 Å². The summed E-state index contributed by atoms with van der Waals surface area (Å²) in [5.41, 5.74) is 2.59. The maximum atomic E-state index is 4.44. The zero-order valence-electron chi connectivity index (χ0n) is 10.7. The van der Waals surface area contributed by atoms with Gasteiger partial charge in [-0.15, -0.1) is 0 Å². The maximum Gasteiger partial charge on any atom is 0.0704 e. The standard InChI is InChI=1S/C16H20N2/c1-2-6-16-15(5-1)14(8-11-18-16)12-13-4-3-9-17-10-7-13/h1-2,5-6,8,11,13,17H,3-4,7,9-10,12H2/t13-/m1/s1. The fourth-order valence-electron chi connectivity index (χ4n) is 2.94. The highest BCUT2D eigenvalue weighted by Crippen LogP contribution is 2.23. The molecular formula is C16H20N2. The van der Waals surface area contributed by atoms with E-state index in [1.807, 2.05) is 6.20 Å². The van der Waals surface area contributed by atoms with E-state index in [9.17, 15) is 0 Å². The number of pyridine rings is 1. The summed E-state index contributed by atoms with van der Waals surface area (Å²) in [6, 6.07) is 10.7. The molecule has 94 valence electrons. The SMILES string of the molecule is c1ccc2c(C[C@@H]3CCCNCC3)ccnc2c1. The molecule has 1 aliphatic heterocycles. The van der Waals surface area contributed by atoms with E-state index < -0.39 is 0 Å². The molecule has 2 heteroatoms. The van der Waals surface area contributed by atoms with Crippen LogP contribution in [0.3, 0.4) is 0 Å². The van der Waals surface area contributed by atoms with Gasteiger partial charge in [0.05, 0.1) is 5.52 Å². The fourth-order valence-corrected chi connectivity index (χ4v) is 2.94. The van der Waals surface area contributed by atoms with Gasteiger partial charge in [-0.1, -0.05) is 18.2 Å². The Hall–Kier alpha value is -1.41. The first kappa shape index (κ1) is 11.7. The number of benzene rings is 1. The smallest absolute Gasteiger partial charge is 0.0704 e. The lowest BCUT2D eigenvalue weighted by molar-refractivity contribution is 0.471. The minimum Gasteiger partial charge on any atom is -0.317 e. The van der Waals surface area contributed by atoms with Crippen LogP contribution < -0.4 is 5.32 Å². The lowest BCUT2D eigenvalue weighted by atomic mass is 9.91. The van der Waals surface area contributed by atoms with E-state index in [1.54, 1.807) is 0 Å². The van der Waals surface area contributed by atoms with Gasteiger partial charge < -0.3 is 5.32 Å². The van der Waals surface area contributed by atoms with Crippen molar-refractivity contribution in [2.45, 2.75) is 25.7 Å². The van der Waals surface area contributed by atoms with Crippen molar-refractivity contribution < 1.29 is 0 Å². The Morgan fingerprint density at radius 3 is 3.06 bits per heavy atom. The number of fused-ring (bicyclic) bond motifs is 1.